The summed E-state index contributed by atoms with van der Waals surface area (Å²) in [5, 5.41) is 7.32. The second-order valence-corrected chi connectivity index (χ2v) is 3.50. The van der Waals surface area contributed by atoms with Gasteiger partial charge in [-0.05, 0) is 0 Å². The molecular weight excluding hydrogens is 224 g/mol. The molecule has 0 unspecified atom stereocenters. The average Bonchev–Trinajstić information content (AvgIpc) is 2.36. The zero-order valence-electron chi connectivity index (χ0n) is 10.0. The normalized spacial score (nSPS) is 10.0. The molecule has 0 aromatic carbocycles. The first-order valence-electron chi connectivity index (χ1n) is 5.66. The van der Waals surface area contributed by atoms with Crippen LogP contribution in [-0.2, 0) is 4.79 Å². The van der Waals surface area contributed by atoms with Gasteiger partial charge in [0, 0.05) is 39.3 Å². The highest BCUT2D eigenvalue weighted by Gasteiger charge is 2.05. The zero-order valence-corrected chi connectivity index (χ0v) is 10.0. The van der Waals surface area contributed by atoms with Crippen molar-refractivity contribution in [2.24, 2.45) is 16.8 Å². The van der Waals surface area contributed by atoms with E-state index in [2.05, 4.69) is 10.6 Å². The highest BCUT2D eigenvalue weighted by Crippen LogP contribution is 1.90. The number of nitrogens with one attached hydrogen (secondary N) is 1. The third kappa shape index (κ3) is 8.55. The number of nitrogens with two attached hydrogens (primary N) is 2. The van der Waals surface area contributed by atoms with E-state index in [4.69, 9.17) is 11.5 Å². The van der Waals surface area contributed by atoms with E-state index in [0.29, 0.717) is 52.4 Å². The first kappa shape index (κ1) is 15.8. The van der Waals surface area contributed by atoms with Gasteiger partial charge in [0.2, 0.25) is 6.41 Å². The maximum Gasteiger partial charge on any atom is 0.209 e. The SMILES string of the molecule is NCCNCCN(CCN(C=O)CCN)N=O. The number of nitrogens with zero attached hydrogens (tertiary/aromatic N) is 3. The molecule has 0 bridgehead atoms. The molecule has 5 N–H and O–H groups in total. The predicted molar refractivity (Wildman–Crippen MR) is 66.0 cm³/mol. The lowest BCUT2D eigenvalue weighted by Crippen LogP contribution is -2.37. The summed E-state index contributed by atoms with van der Waals surface area (Å²) in [5.74, 6) is 0. The second-order valence-electron chi connectivity index (χ2n) is 3.50. The largest absolute Gasteiger partial charge is 0.342 e. The molecule has 0 rings (SSSR count). The molecule has 0 aromatic rings. The molecule has 8 heteroatoms. The van der Waals surface area contributed by atoms with Crippen LogP contribution in [0.25, 0.3) is 0 Å². The Labute approximate surface area is 101 Å². The monoisotopic (exact) mass is 246 g/mol. The van der Waals surface area contributed by atoms with Crippen LogP contribution in [0.15, 0.2) is 5.29 Å². The van der Waals surface area contributed by atoms with Gasteiger partial charge in [-0.2, -0.15) is 0 Å². The van der Waals surface area contributed by atoms with Gasteiger partial charge >= 0.3 is 0 Å². The van der Waals surface area contributed by atoms with Crippen LogP contribution in [0.5, 0.6) is 0 Å². The average molecular weight is 246 g/mol. The summed E-state index contributed by atoms with van der Waals surface area (Å²) in [7, 11) is 0. The highest BCUT2D eigenvalue weighted by molar-refractivity contribution is 5.46. The van der Waals surface area contributed by atoms with E-state index >= 15 is 0 Å². The molecule has 17 heavy (non-hydrogen) atoms. The summed E-state index contributed by atoms with van der Waals surface area (Å²) in [6, 6.07) is 0. The Morgan fingerprint density at radius 3 is 2.35 bits per heavy atom. The molecule has 0 saturated carbocycles. The Hall–Kier alpha value is -1.25. The fraction of sp³-hybridized carbons (Fsp3) is 0.889. The van der Waals surface area contributed by atoms with Gasteiger partial charge in [-0.1, -0.05) is 0 Å². The number of hydrogen-bond donors (Lipinski definition) is 3. The number of carbonyl (C=O) groups excluding carboxylic acids is 1. The molecule has 0 aromatic heterocycles. The highest BCUT2D eigenvalue weighted by atomic mass is 16.3. The van der Waals surface area contributed by atoms with Crippen molar-refractivity contribution in [1.82, 2.24) is 15.2 Å². The molecule has 100 valence electrons. The Morgan fingerprint density at radius 1 is 1.06 bits per heavy atom. The smallest absolute Gasteiger partial charge is 0.209 e. The number of hydrogen-bond acceptors (Lipinski definition) is 6. The van der Waals surface area contributed by atoms with Gasteiger partial charge in [0.15, 0.2) is 0 Å². The molecule has 0 saturated heterocycles. The second kappa shape index (κ2) is 11.2. The lowest BCUT2D eigenvalue weighted by Gasteiger charge is -2.20. The van der Waals surface area contributed by atoms with Crippen molar-refractivity contribution in [1.29, 1.82) is 0 Å². The summed E-state index contributed by atoms with van der Waals surface area (Å²) in [6.07, 6.45) is 0.725. The Bertz CT molecular complexity index is 204. The topological polar surface area (TPSA) is 117 Å². The quantitative estimate of drug-likeness (QED) is 0.158. The Balaban J connectivity index is 3.72. The van der Waals surface area contributed by atoms with E-state index in [9.17, 15) is 9.70 Å². The van der Waals surface area contributed by atoms with E-state index in [0.717, 1.165) is 6.41 Å². The summed E-state index contributed by atoms with van der Waals surface area (Å²) in [6.45, 7) is 4.16. The summed E-state index contributed by atoms with van der Waals surface area (Å²) >= 11 is 0. The van der Waals surface area contributed by atoms with Crippen LogP contribution in [-0.4, -0.2) is 68.7 Å². The lowest BCUT2D eigenvalue weighted by atomic mass is 10.4. The van der Waals surface area contributed by atoms with Gasteiger partial charge < -0.3 is 21.7 Å². The standard InChI is InChI=1S/C9H22N6O2/c10-1-3-12-4-6-15(13-17)8-7-14(9-16)5-2-11/h9,12H,1-8,10-11H2. The van der Waals surface area contributed by atoms with Crippen LogP contribution in [0.4, 0.5) is 0 Å². The van der Waals surface area contributed by atoms with Crippen molar-refractivity contribution in [3.05, 3.63) is 4.91 Å². The van der Waals surface area contributed by atoms with Crippen molar-refractivity contribution in [2.45, 2.75) is 0 Å². The lowest BCUT2D eigenvalue weighted by molar-refractivity contribution is -0.118. The molecule has 0 aliphatic heterocycles. The molecular formula is C9H22N6O2. The van der Waals surface area contributed by atoms with Gasteiger partial charge in [0.05, 0.1) is 18.4 Å². The summed E-state index contributed by atoms with van der Waals surface area (Å²) < 4.78 is 0. The van der Waals surface area contributed by atoms with E-state index in [1.165, 1.54) is 9.91 Å². The predicted octanol–water partition coefficient (Wildman–Crippen LogP) is -2.06. The van der Waals surface area contributed by atoms with Crippen LogP contribution in [0, 0.1) is 4.91 Å². The van der Waals surface area contributed by atoms with Gasteiger partial charge in [0.25, 0.3) is 0 Å². The molecule has 0 aliphatic rings. The molecule has 0 radical (unpaired) electrons. The molecule has 1 amide bonds. The molecule has 0 aliphatic carbocycles. The molecule has 0 heterocycles. The number of amides is 1. The van der Waals surface area contributed by atoms with Crippen LogP contribution < -0.4 is 16.8 Å². The van der Waals surface area contributed by atoms with E-state index in [1.54, 1.807) is 0 Å². The van der Waals surface area contributed by atoms with Crippen molar-refractivity contribution in [3.8, 4) is 0 Å². The van der Waals surface area contributed by atoms with E-state index in [1.807, 2.05) is 0 Å². The van der Waals surface area contributed by atoms with Crippen LogP contribution in [0.1, 0.15) is 0 Å². The van der Waals surface area contributed by atoms with Crippen molar-refractivity contribution in [2.75, 3.05) is 52.4 Å². The summed E-state index contributed by atoms with van der Waals surface area (Å²) in [4.78, 5) is 22.7. The number of nitroso groups, excluding NO2 is 1. The zero-order chi connectivity index (χ0) is 12.9. The minimum Gasteiger partial charge on any atom is -0.342 e. The maximum absolute atomic E-state index is 10.6. The first-order valence-corrected chi connectivity index (χ1v) is 5.66. The van der Waals surface area contributed by atoms with Gasteiger partial charge in [-0.25, -0.2) is 0 Å². The van der Waals surface area contributed by atoms with Gasteiger partial charge in [-0.3, -0.25) is 9.80 Å². The van der Waals surface area contributed by atoms with Crippen LogP contribution in [0.2, 0.25) is 0 Å². The third-order valence-corrected chi connectivity index (χ3v) is 2.19. The molecule has 0 spiro atoms. The molecule has 0 atom stereocenters. The Morgan fingerprint density at radius 2 is 1.82 bits per heavy atom. The summed E-state index contributed by atoms with van der Waals surface area (Å²) in [5.41, 5.74) is 10.6. The van der Waals surface area contributed by atoms with E-state index in [-0.39, 0.29) is 0 Å². The van der Waals surface area contributed by atoms with Crippen LogP contribution >= 0.6 is 0 Å². The first-order chi connectivity index (χ1) is 8.28. The Kier molecular flexibility index (Phi) is 10.4. The fourth-order valence-electron chi connectivity index (χ4n) is 1.26. The van der Waals surface area contributed by atoms with Crippen LogP contribution in [0.3, 0.4) is 0 Å². The van der Waals surface area contributed by atoms with Crippen molar-refractivity contribution in [3.63, 3.8) is 0 Å². The van der Waals surface area contributed by atoms with E-state index < -0.39 is 0 Å². The fourth-order valence-corrected chi connectivity index (χ4v) is 1.26. The minimum atomic E-state index is 0.408. The minimum absolute atomic E-state index is 0.408. The van der Waals surface area contributed by atoms with Crippen molar-refractivity contribution < 1.29 is 4.79 Å². The maximum atomic E-state index is 10.6. The number of carbonyl (C=O) groups is 1. The van der Waals surface area contributed by atoms with Gasteiger partial charge in [-0.15, -0.1) is 4.91 Å². The third-order valence-electron chi connectivity index (χ3n) is 2.19. The molecule has 8 nitrogen and oxygen atoms in total. The van der Waals surface area contributed by atoms with Gasteiger partial charge in [0.1, 0.15) is 0 Å². The number of rotatable bonds is 12. The van der Waals surface area contributed by atoms with Crippen molar-refractivity contribution >= 4 is 6.41 Å². The molecule has 0 fully saturated rings.